The number of para-hydroxylation sites is 1. The molecule has 0 atom stereocenters. The SMILES string of the molecule is O=C(c1cnn(-c2ccccc2)c1)N1CCN(c2ccncc2)CC1. The number of hydrogen-bond acceptors (Lipinski definition) is 4. The number of piperazine rings is 1. The molecule has 1 fully saturated rings. The Balaban J connectivity index is 1.42. The van der Waals surface area contributed by atoms with Crippen LogP contribution in [0.3, 0.4) is 0 Å². The summed E-state index contributed by atoms with van der Waals surface area (Å²) >= 11 is 0. The van der Waals surface area contributed by atoms with Crippen molar-refractivity contribution in [3.63, 3.8) is 0 Å². The second kappa shape index (κ2) is 6.76. The number of amides is 1. The van der Waals surface area contributed by atoms with Crippen molar-refractivity contribution in [3.8, 4) is 5.69 Å². The highest BCUT2D eigenvalue weighted by Crippen LogP contribution is 2.16. The average molecular weight is 333 g/mol. The second-order valence-electron chi connectivity index (χ2n) is 5.99. The Labute approximate surface area is 146 Å². The van der Waals surface area contributed by atoms with Gasteiger partial charge in [0.2, 0.25) is 0 Å². The number of carbonyl (C=O) groups is 1. The lowest BCUT2D eigenvalue weighted by Crippen LogP contribution is -2.48. The molecular weight excluding hydrogens is 314 g/mol. The lowest BCUT2D eigenvalue weighted by Gasteiger charge is -2.35. The first-order chi connectivity index (χ1) is 12.3. The van der Waals surface area contributed by atoms with Crippen molar-refractivity contribution in [2.75, 3.05) is 31.1 Å². The number of rotatable bonds is 3. The van der Waals surface area contributed by atoms with Crippen LogP contribution in [0.15, 0.2) is 67.3 Å². The molecule has 1 aliphatic rings. The van der Waals surface area contributed by atoms with Gasteiger partial charge in [-0.3, -0.25) is 9.78 Å². The van der Waals surface area contributed by atoms with Gasteiger partial charge >= 0.3 is 0 Å². The van der Waals surface area contributed by atoms with Crippen molar-refractivity contribution in [1.29, 1.82) is 0 Å². The molecule has 0 saturated carbocycles. The molecular formula is C19H19N5O. The summed E-state index contributed by atoms with van der Waals surface area (Å²) in [5.41, 5.74) is 2.73. The molecule has 4 rings (SSSR count). The number of anilines is 1. The van der Waals surface area contributed by atoms with E-state index in [4.69, 9.17) is 0 Å². The van der Waals surface area contributed by atoms with E-state index in [0.29, 0.717) is 18.7 Å². The maximum atomic E-state index is 12.7. The Morgan fingerprint density at radius 1 is 0.880 bits per heavy atom. The standard InChI is InChI=1S/C19H19N5O/c25-19(16-14-21-24(15-16)18-4-2-1-3-5-18)23-12-10-22(11-13-23)17-6-8-20-9-7-17/h1-9,14-15H,10-13H2. The zero-order valence-corrected chi connectivity index (χ0v) is 13.8. The molecule has 6 nitrogen and oxygen atoms in total. The number of aromatic nitrogens is 3. The van der Waals surface area contributed by atoms with E-state index in [1.807, 2.05) is 47.4 Å². The summed E-state index contributed by atoms with van der Waals surface area (Å²) in [6.07, 6.45) is 7.03. The van der Waals surface area contributed by atoms with Crippen molar-refractivity contribution in [2.45, 2.75) is 0 Å². The Hall–Kier alpha value is -3.15. The molecule has 1 aromatic carbocycles. The topological polar surface area (TPSA) is 54.3 Å². The van der Waals surface area contributed by atoms with Gasteiger partial charge in [0.25, 0.3) is 5.91 Å². The van der Waals surface area contributed by atoms with E-state index in [1.54, 1.807) is 29.5 Å². The fourth-order valence-electron chi connectivity index (χ4n) is 3.06. The highest BCUT2D eigenvalue weighted by atomic mass is 16.2. The van der Waals surface area contributed by atoms with Gasteiger partial charge in [-0.25, -0.2) is 4.68 Å². The van der Waals surface area contributed by atoms with Gasteiger partial charge in [-0.15, -0.1) is 0 Å². The first kappa shape index (κ1) is 15.4. The van der Waals surface area contributed by atoms with Gasteiger partial charge < -0.3 is 9.80 Å². The van der Waals surface area contributed by atoms with Crippen LogP contribution < -0.4 is 4.90 Å². The molecule has 3 heterocycles. The van der Waals surface area contributed by atoms with Crippen LogP contribution in [0.1, 0.15) is 10.4 Å². The summed E-state index contributed by atoms with van der Waals surface area (Å²) in [7, 11) is 0. The number of nitrogens with zero attached hydrogens (tertiary/aromatic N) is 5. The van der Waals surface area contributed by atoms with Crippen LogP contribution in [-0.2, 0) is 0 Å². The Morgan fingerprint density at radius 2 is 1.60 bits per heavy atom. The van der Waals surface area contributed by atoms with Crippen molar-refractivity contribution in [2.24, 2.45) is 0 Å². The molecule has 0 radical (unpaired) electrons. The van der Waals surface area contributed by atoms with E-state index < -0.39 is 0 Å². The summed E-state index contributed by atoms with van der Waals surface area (Å²) in [6, 6.07) is 13.8. The van der Waals surface area contributed by atoms with Crippen molar-refractivity contribution >= 4 is 11.6 Å². The molecule has 0 N–H and O–H groups in total. The molecule has 0 spiro atoms. The Kier molecular flexibility index (Phi) is 4.16. The maximum Gasteiger partial charge on any atom is 0.257 e. The normalized spacial score (nSPS) is 14.6. The number of pyridine rings is 1. The van der Waals surface area contributed by atoms with Crippen LogP contribution in [0.2, 0.25) is 0 Å². The van der Waals surface area contributed by atoms with Crippen LogP contribution >= 0.6 is 0 Å². The molecule has 126 valence electrons. The fourth-order valence-corrected chi connectivity index (χ4v) is 3.06. The molecule has 1 aliphatic heterocycles. The van der Waals surface area contributed by atoms with Crippen LogP contribution in [0.4, 0.5) is 5.69 Å². The minimum Gasteiger partial charge on any atom is -0.368 e. The van der Waals surface area contributed by atoms with E-state index >= 15 is 0 Å². The van der Waals surface area contributed by atoms with Crippen LogP contribution in [-0.4, -0.2) is 51.8 Å². The molecule has 25 heavy (non-hydrogen) atoms. The van der Waals surface area contributed by atoms with E-state index in [0.717, 1.165) is 24.5 Å². The molecule has 3 aromatic rings. The zero-order chi connectivity index (χ0) is 17.1. The highest BCUT2D eigenvalue weighted by Gasteiger charge is 2.23. The summed E-state index contributed by atoms with van der Waals surface area (Å²) in [4.78, 5) is 21.0. The van der Waals surface area contributed by atoms with Crippen LogP contribution in [0.25, 0.3) is 5.69 Å². The lowest BCUT2D eigenvalue weighted by molar-refractivity contribution is 0.0747. The molecule has 1 amide bonds. The predicted molar refractivity (Wildman–Crippen MR) is 95.9 cm³/mol. The van der Waals surface area contributed by atoms with Gasteiger partial charge in [-0.05, 0) is 24.3 Å². The molecule has 0 aliphatic carbocycles. The number of benzene rings is 1. The lowest BCUT2D eigenvalue weighted by atomic mass is 10.2. The third kappa shape index (κ3) is 3.24. The molecule has 0 unspecified atom stereocenters. The van der Waals surface area contributed by atoms with Crippen LogP contribution in [0.5, 0.6) is 0 Å². The first-order valence-electron chi connectivity index (χ1n) is 8.35. The highest BCUT2D eigenvalue weighted by molar-refractivity contribution is 5.94. The van der Waals surface area contributed by atoms with Gasteiger partial charge in [0, 0.05) is 50.5 Å². The average Bonchev–Trinajstić information content (AvgIpc) is 3.19. The third-order valence-corrected chi connectivity index (χ3v) is 4.45. The predicted octanol–water partition coefficient (Wildman–Crippen LogP) is 2.23. The van der Waals surface area contributed by atoms with E-state index in [1.165, 1.54) is 0 Å². The fraction of sp³-hybridized carbons (Fsp3) is 0.211. The van der Waals surface area contributed by atoms with Gasteiger partial charge in [0.15, 0.2) is 0 Å². The van der Waals surface area contributed by atoms with E-state index in [9.17, 15) is 4.79 Å². The summed E-state index contributed by atoms with van der Waals surface area (Å²) in [5.74, 6) is 0.0385. The smallest absolute Gasteiger partial charge is 0.257 e. The first-order valence-corrected chi connectivity index (χ1v) is 8.35. The minimum atomic E-state index is 0.0385. The van der Waals surface area contributed by atoms with Gasteiger partial charge in [-0.2, -0.15) is 5.10 Å². The summed E-state index contributed by atoms with van der Waals surface area (Å²) in [5, 5.41) is 4.32. The maximum absolute atomic E-state index is 12.7. The van der Waals surface area contributed by atoms with E-state index in [-0.39, 0.29) is 5.91 Å². The number of carbonyl (C=O) groups excluding carboxylic acids is 1. The van der Waals surface area contributed by atoms with Crippen molar-refractivity contribution < 1.29 is 4.79 Å². The second-order valence-corrected chi connectivity index (χ2v) is 5.99. The van der Waals surface area contributed by atoms with Crippen molar-refractivity contribution in [1.82, 2.24) is 19.7 Å². The Bertz CT molecular complexity index is 839. The molecule has 0 bridgehead atoms. The molecule has 2 aromatic heterocycles. The molecule has 1 saturated heterocycles. The van der Waals surface area contributed by atoms with Gasteiger partial charge in [0.05, 0.1) is 17.4 Å². The van der Waals surface area contributed by atoms with Crippen LogP contribution in [0, 0.1) is 0 Å². The quantitative estimate of drug-likeness (QED) is 0.737. The number of hydrogen-bond donors (Lipinski definition) is 0. The molecule has 6 heteroatoms. The third-order valence-electron chi connectivity index (χ3n) is 4.45. The largest absolute Gasteiger partial charge is 0.368 e. The summed E-state index contributed by atoms with van der Waals surface area (Å²) < 4.78 is 1.74. The monoisotopic (exact) mass is 333 g/mol. The summed E-state index contributed by atoms with van der Waals surface area (Å²) in [6.45, 7) is 3.06. The van der Waals surface area contributed by atoms with Gasteiger partial charge in [0.1, 0.15) is 0 Å². The Morgan fingerprint density at radius 3 is 2.32 bits per heavy atom. The van der Waals surface area contributed by atoms with Crippen molar-refractivity contribution in [3.05, 3.63) is 72.8 Å². The van der Waals surface area contributed by atoms with E-state index in [2.05, 4.69) is 15.0 Å². The minimum absolute atomic E-state index is 0.0385. The zero-order valence-electron chi connectivity index (χ0n) is 13.8. The van der Waals surface area contributed by atoms with Gasteiger partial charge in [-0.1, -0.05) is 18.2 Å².